The molecule has 0 unspecified atom stereocenters. The second kappa shape index (κ2) is 29.5. The number of nitrogen functional groups attached to an aromatic ring is 1. The molecule has 4 aliphatic heterocycles. The van der Waals surface area contributed by atoms with E-state index in [1.807, 2.05) is 41.8 Å². The number of nitrogens with two attached hydrogens (primary N) is 1. The summed E-state index contributed by atoms with van der Waals surface area (Å²) >= 11 is 0. The van der Waals surface area contributed by atoms with Crippen LogP contribution < -0.4 is 45.8 Å². The van der Waals surface area contributed by atoms with Crippen molar-refractivity contribution in [2.75, 3.05) is 46.4 Å². The molecule has 18 nitrogen and oxygen atoms in total. The molecule has 6 aliphatic rings. The Kier molecular flexibility index (Phi) is 22.8. The Labute approximate surface area is 519 Å². The number of hydrazine groups is 2. The lowest BCUT2D eigenvalue weighted by molar-refractivity contribution is -0.120. The molecule has 460 valence electrons. The van der Waals surface area contributed by atoms with Gasteiger partial charge < -0.3 is 38.1 Å². The second-order valence-electron chi connectivity index (χ2n) is 22.7. The highest BCUT2D eigenvalue weighted by Crippen LogP contribution is 2.46. The zero-order valence-corrected chi connectivity index (χ0v) is 52.3. The van der Waals surface area contributed by atoms with Crippen LogP contribution in [0, 0.1) is 0 Å². The number of amides is 3. The molecule has 3 amide bonds. The number of hydrogen-bond donors (Lipinski definition) is 4. The van der Waals surface area contributed by atoms with E-state index in [-0.39, 0.29) is 74.9 Å². The van der Waals surface area contributed by atoms with Crippen LogP contribution in [0.1, 0.15) is 126 Å². The molecule has 0 radical (unpaired) electrons. The maximum absolute atomic E-state index is 13.0. The maximum Gasteiger partial charge on any atom is 0.298 e. The van der Waals surface area contributed by atoms with E-state index in [2.05, 4.69) is 135 Å². The summed E-state index contributed by atoms with van der Waals surface area (Å²) in [6.07, 6.45) is 5.71. The molecule has 0 aromatic heterocycles. The lowest BCUT2D eigenvalue weighted by atomic mass is 9.76. The fourth-order valence-corrected chi connectivity index (χ4v) is 12.1. The van der Waals surface area contributed by atoms with Crippen molar-refractivity contribution in [3.05, 3.63) is 184 Å². The molecular weight excluding hydrogens is 1130 g/mol. The lowest BCUT2D eigenvalue weighted by Crippen LogP contribution is -2.54. The predicted molar refractivity (Wildman–Crippen MR) is 339 cm³/mol. The van der Waals surface area contributed by atoms with Crippen LogP contribution in [-0.2, 0) is 53.0 Å². The number of carbonyl (C=O) groups is 4. The summed E-state index contributed by atoms with van der Waals surface area (Å²) < 4.78 is 38.4. The Morgan fingerprint density at radius 2 is 0.965 bits per heavy atom. The first-order valence-electron chi connectivity index (χ1n) is 28.9. The average molecular weight is 1210 g/mol. The third kappa shape index (κ3) is 15.5. The SMILES string of the molecule is CC1(C)OC[C@@]2(CCc3ccc(C(=O)NNC(=O)c4ccc5c(c4)OCO5)cc3C2)N1Cc1ccccc1.CC1(C)OC[C@@]2(CCc3ccc(OC=O)cc3C2)N1Cc1ccccc1.CCN(CC)CC.NNC(=O)c1ccc2c(c1)OCO2.S.S. The number of carbonyl (C=O) groups excluding carboxylic acids is 4. The van der Waals surface area contributed by atoms with Crippen molar-refractivity contribution < 1.29 is 52.3 Å². The van der Waals surface area contributed by atoms with E-state index in [0.29, 0.717) is 58.5 Å². The number of hydrogen-bond acceptors (Lipinski definition) is 15. The number of nitrogens with zero attached hydrogens (tertiary/aromatic N) is 3. The Balaban J connectivity index is 0.000000189. The monoisotopic (exact) mass is 1210 g/mol. The van der Waals surface area contributed by atoms with Gasteiger partial charge in [-0.25, -0.2) is 5.84 Å². The molecule has 0 bridgehead atoms. The molecule has 5 N–H and O–H groups in total. The summed E-state index contributed by atoms with van der Waals surface area (Å²) in [6, 6.07) is 42.6. The summed E-state index contributed by atoms with van der Waals surface area (Å²) in [5.41, 5.74) is 15.1. The van der Waals surface area contributed by atoms with Crippen molar-refractivity contribution in [2.24, 2.45) is 5.84 Å². The Hall–Kier alpha value is -7.14. The first-order chi connectivity index (χ1) is 40.5. The van der Waals surface area contributed by atoms with Crippen LogP contribution in [0.2, 0.25) is 0 Å². The van der Waals surface area contributed by atoms with Crippen LogP contribution in [0.4, 0.5) is 0 Å². The van der Waals surface area contributed by atoms with Gasteiger partial charge in [-0.05, 0) is 180 Å². The molecule has 2 fully saturated rings. The highest BCUT2D eigenvalue weighted by Gasteiger charge is 2.54. The summed E-state index contributed by atoms with van der Waals surface area (Å²) in [6.45, 7) is 22.6. The fraction of sp³-hybridized carbons (Fsp3) is 0.394. The van der Waals surface area contributed by atoms with Crippen molar-refractivity contribution in [2.45, 2.75) is 123 Å². The van der Waals surface area contributed by atoms with Crippen LogP contribution in [-0.4, -0.2) is 108 Å². The summed E-state index contributed by atoms with van der Waals surface area (Å²) in [7, 11) is 0. The van der Waals surface area contributed by atoms with Crippen LogP contribution in [0.25, 0.3) is 0 Å². The van der Waals surface area contributed by atoms with Gasteiger partial charge in [0.15, 0.2) is 23.0 Å². The molecule has 20 heteroatoms. The summed E-state index contributed by atoms with van der Waals surface area (Å²) in [5, 5.41) is 0. The van der Waals surface area contributed by atoms with Gasteiger partial charge in [0.2, 0.25) is 13.6 Å². The Morgan fingerprint density at radius 1 is 0.547 bits per heavy atom. The zero-order chi connectivity index (χ0) is 59.5. The van der Waals surface area contributed by atoms with Gasteiger partial charge in [0.05, 0.1) is 24.3 Å². The molecule has 0 saturated carbocycles. The minimum atomic E-state index is -0.435. The highest BCUT2D eigenvalue weighted by molar-refractivity contribution is 7.59. The number of benzene rings is 6. The van der Waals surface area contributed by atoms with Gasteiger partial charge in [-0.1, -0.05) is 93.6 Å². The van der Waals surface area contributed by atoms with E-state index in [1.165, 1.54) is 47.5 Å². The van der Waals surface area contributed by atoms with Gasteiger partial charge in [0.1, 0.15) is 17.2 Å². The first kappa shape index (κ1) is 66.4. The van der Waals surface area contributed by atoms with E-state index in [1.54, 1.807) is 36.4 Å². The summed E-state index contributed by atoms with van der Waals surface area (Å²) in [4.78, 5) is 54.7. The number of rotatable bonds is 12. The van der Waals surface area contributed by atoms with Crippen LogP contribution in [0.5, 0.6) is 28.7 Å². The molecule has 6 aromatic rings. The number of fused-ring (bicyclic) bond motifs is 4. The van der Waals surface area contributed by atoms with Gasteiger partial charge in [0.25, 0.3) is 24.2 Å². The number of ether oxygens (including phenoxy) is 7. The van der Waals surface area contributed by atoms with Crippen LogP contribution in [0.15, 0.2) is 133 Å². The summed E-state index contributed by atoms with van der Waals surface area (Å²) in [5.74, 6) is 6.76. The van der Waals surface area contributed by atoms with Gasteiger partial charge in [-0.15, -0.1) is 0 Å². The first-order valence-corrected chi connectivity index (χ1v) is 28.9. The van der Waals surface area contributed by atoms with Crippen molar-refractivity contribution in [3.63, 3.8) is 0 Å². The maximum atomic E-state index is 13.0. The van der Waals surface area contributed by atoms with Gasteiger partial charge in [-0.3, -0.25) is 45.3 Å². The molecular formula is C66H83N7O11S2. The second-order valence-corrected chi connectivity index (χ2v) is 22.7. The molecule has 12 rings (SSSR count). The molecule has 2 saturated heterocycles. The van der Waals surface area contributed by atoms with Crippen molar-refractivity contribution in [1.29, 1.82) is 0 Å². The topological polar surface area (TPSA) is 205 Å². The normalized spacial score (nSPS) is 19.5. The smallest absolute Gasteiger partial charge is 0.298 e. The minimum absolute atomic E-state index is 0. The quantitative estimate of drug-likeness (QED) is 0.0390. The Morgan fingerprint density at radius 3 is 1.41 bits per heavy atom. The zero-order valence-electron chi connectivity index (χ0n) is 50.3. The van der Waals surface area contributed by atoms with Crippen molar-refractivity contribution in [3.8, 4) is 28.7 Å². The number of nitrogens with one attached hydrogen (secondary N) is 3. The molecule has 2 atom stereocenters. The van der Waals surface area contributed by atoms with Crippen LogP contribution in [0.3, 0.4) is 0 Å². The van der Waals surface area contributed by atoms with Crippen LogP contribution >= 0.6 is 27.0 Å². The molecule has 2 aliphatic carbocycles. The van der Waals surface area contributed by atoms with E-state index >= 15 is 0 Å². The predicted octanol–water partition coefficient (Wildman–Crippen LogP) is 9.30. The van der Waals surface area contributed by atoms with Crippen molar-refractivity contribution >= 4 is 51.2 Å². The van der Waals surface area contributed by atoms with Gasteiger partial charge in [0, 0.05) is 29.8 Å². The third-order valence-corrected chi connectivity index (χ3v) is 16.8. The molecule has 2 spiro atoms. The third-order valence-electron chi connectivity index (χ3n) is 16.8. The fourth-order valence-electron chi connectivity index (χ4n) is 12.1. The molecule has 4 heterocycles. The minimum Gasteiger partial charge on any atom is -0.454 e. The van der Waals surface area contributed by atoms with Crippen molar-refractivity contribution in [1.82, 2.24) is 31.0 Å². The molecule has 86 heavy (non-hydrogen) atoms. The van der Waals surface area contributed by atoms with E-state index in [9.17, 15) is 19.2 Å². The van der Waals surface area contributed by atoms with Gasteiger partial charge in [-0.2, -0.15) is 27.0 Å². The number of aryl methyl sites for hydroxylation is 2. The lowest BCUT2D eigenvalue weighted by Gasteiger charge is -2.45. The largest absolute Gasteiger partial charge is 0.454 e. The standard InChI is InChI=1S/C30H31N3O5.C22H25NO3.C8H8N2O3.C6H15N.2H2S/c1-29(2)33(17-20-6-4-3-5-7-20)30(18-38-29)13-12-21-8-9-22(14-24(21)16-30)27(34)31-32-28(35)23-10-11-25-26(15-23)37-19-36-25;1-21(2)23(14-17-6-4-3-5-7-17)22(15-26-21)11-10-18-8-9-20(25-16-24)12-19(18)13-22;9-10-8(11)5-1-2-6-7(3-5)13-4-12-6;1-4-7(5-2)6-3;;/h3-11,14-15H,12-13,16-19H2,1-2H3,(H,31,34)(H,32,35);3-9,12,16H,10-11,13-15H2,1-2H3;1-3H,4,9H2,(H,10,11);4-6H2,1-3H3;2*1H2/t30-;22-;;;;/m00..../s1. The highest BCUT2D eigenvalue weighted by atomic mass is 32.1. The molecule has 6 aromatic carbocycles. The van der Waals surface area contributed by atoms with E-state index in [0.717, 1.165) is 63.8 Å². The Bertz CT molecular complexity index is 3270. The van der Waals surface area contributed by atoms with Gasteiger partial charge >= 0.3 is 0 Å². The average Bonchev–Trinajstić information content (AvgIpc) is 2.61. The van der Waals surface area contributed by atoms with E-state index < -0.39 is 5.91 Å². The van der Waals surface area contributed by atoms with E-state index in [4.69, 9.17) is 39.0 Å².